The van der Waals surface area contributed by atoms with Gasteiger partial charge in [-0.05, 0) is 13.0 Å². The molecule has 1 aliphatic carbocycles. The molecule has 1 spiro atoms. The molecule has 3 rings (SSSR count). The lowest BCUT2D eigenvalue weighted by Gasteiger charge is -2.36. The molecular weight excluding hydrogens is 386 g/mol. The minimum absolute atomic E-state index is 0.118. The molecule has 154 valence electrons. The zero-order chi connectivity index (χ0) is 21.1. The van der Waals surface area contributed by atoms with Gasteiger partial charge in [0.15, 0.2) is 17.3 Å². The molecule has 0 fully saturated rings. The van der Waals surface area contributed by atoms with E-state index in [1.165, 1.54) is 33.5 Å². The second kappa shape index (κ2) is 8.84. The molecule has 0 radical (unpaired) electrons. The maximum absolute atomic E-state index is 13.3. The van der Waals surface area contributed by atoms with Crippen LogP contribution >= 0.6 is 11.6 Å². The molecule has 1 aromatic rings. The van der Waals surface area contributed by atoms with Gasteiger partial charge in [-0.25, -0.2) is 0 Å². The Balaban J connectivity index is 0.000000640. The van der Waals surface area contributed by atoms with Gasteiger partial charge in [0, 0.05) is 24.5 Å². The van der Waals surface area contributed by atoms with Gasteiger partial charge >= 0.3 is 0 Å². The van der Waals surface area contributed by atoms with Crippen molar-refractivity contribution in [2.24, 2.45) is 11.7 Å². The van der Waals surface area contributed by atoms with E-state index in [4.69, 9.17) is 36.3 Å². The SMILES string of the molecule is CCCN.COC1=CC(=O)C[C@@H](C)[C@]12Oc1c(Cl)c(OC)cc(OC)c1C2=O. The summed E-state index contributed by atoms with van der Waals surface area (Å²) in [5.74, 6) is 0.107. The average molecular weight is 412 g/mol. The number of rotatable bonds is 4. The number of halogens is 1. The molecule has 0 aromatic heterocycles. The Bertz CT molecular complexity index is 804. The molecule has 7 nitrogen and oxygen atoms in total. The lowest BCUT2D eigenvalue weighted by Crippen LogP contribution is -2.51. The molecule has 1 heterocycles. The molecule has 8 heteroatoms. The topological polar surface area (TPSA) is 97.1 Å². The van der Waals surface area contributed by atoms with E-state index in [-0.39, 0.29) is 40.1 Å². The van der Waals surface area contributed by atoms with Gasteiger partial charge in [0.05, 0.1) is 21.3 Å². The fourth-order valence-electron chi connectivity index (χ4n) is 3.30. The van der Waals surface area contributed by atoms with Crippen LogP contribution < -0.4 is 19.9 Å². The quantitative estimate of drug-likeness (QED) is 0.812. The highest BCUT2D eigenvalue weighted by Gasteiger charge is 2.59. The number of hydrogen-bond donors (Lipinski definition) is 1. The summed E-state index contributed by atoms with van der Waals surface area (Å²) in [5, 5.41) is 0.179. The van der Waals surface area contributed by atoms with Gasteiger partial charge in [-0.1, -0.05) is 25.4 Å². The molecule has 1 aliphatic heterocycles. The van der Waals surface area contributed by atoms with Crippen molar-refractivity contribution >= 4 is 23.2 Å². The van der Waals surface area contributed by atoms with E-state index >= 15 is 0 Å². The van der Waals surface area contributed by atoms with Gasteiger partial charge in [-0.3, -0.25) is 9.59 Å². The molecule has 0 bridgehead atoms. The molecule has 0 amide bonds. The summed E-state index contributed by atoms with van der Waals surface area (Å²) in [4.78, 5) is 25.1. The van der Waals surface area contributed by atoms with Crippen LogP contribution in [-0.2, 0) is 9.53 Å². The number of ketones is 2. The number of allylic oxidation sites excluding steroid dienone is 1. The summed E-state index contributed by atoms with van der Waals surface area (Å²) in [6.07, 6.45) is 2.57. The molecule has 2 atom stereocenters. The monoisotopic (exact) mass is 411 g/mol. The third kappa shape index (κ3) is 3.44. The number of nitrogens with two attached hydrogens (primary N) is 1. The van der Waals surface area contributed by atoms with E-state index in [1.54, 1.807) is 6.92 Å². The lowest BCUT2D eigenvalue weighted by molar-refractivity contribution is -0.118. The van der Waals surface area contributed by atoms with Crippen molar-refractivity contribution in [1.82, 2.24) is 0 Å². The molecule has 2 N–H and O–H groups in total. The van der Waals surface area contributed by atoms with Crippen LogP contribution in [0.15, 0.2) is 17.9 Å². The van der Waals surface area contributed by atoms with Crippen molar-refractivity contribution in [2.75, 3.05) is 27.9 Å². The predicted octanol–water partition coefficient (Wildman–Crippen LogP) is 3.17. The van der Waals surface area contributed by atoms with Gasteiger partial charge in [0.1, 0.15) is 22.1 Å². The Morgan fingerprint density at radius 3 is 2.32 bits per heavy atom. The zero-order valence-corrected chi connectivity index (χ0v) is 17.5. The van der Waals surface area contributed by atoms with Gasteiger partial charge in [-0.2, -0.15) is 0 Å². The first-order valence-electron chi connectivity index (χ1n) is 8.99. The molecule has 2 aliphatic rings. The molecule has 0 saturated heterocycles. The second-order valence-electron chi connectivity index (χ2n) is 6.54. The third-order valence-electron chi connectivity index (χ3n) is 4.79. The average Bonchev–Trinajstić information content (AvgIpc) is 3.00. The Morgan fingerprint density at radius 1 is 1.21 bits per heavy atom. The summed E-state index contributed by atoms with van der Waals surface area (Å²) in [5.41, 5.74) is 3.83. The highest BCUT2D eigenvalue weighted by Crippen LogP contribution is 2.54. The predicted molar refractivity (Wildman–Crippen MR) is 105 cm³/mol. The molecule has 1 aromatic carbocycles. The third-order valence-corrected chi connectivity index (χ3v) is 5.14. The van der Waals surface area contributed by atoms with Crippen LogP contribution in [0.2, 0.25) is 5.02 Å². The van der Waals surface area contributed by atoms with Gasteiger partial charge in [0.2, 0.25) is 11.4 Å². The normalized spacial score (nSPS) is 22.7. The van der Waals surface area contributed by atoms with Crippen molar-refractivity contribution in [3.63, 3.8) is 0 Å². The highest BCUT2D eigenvalue weighted by molar-refractivity contribution is 6.35. The first kappa shape index (κ1) is 22.0. The number of methoxy groups -OCH3 is 3. The van der Waals surface area contributed by atoms with Crippen LogP contribution in [0.4, 0.5) is 0 Å². The number of benzene rings is 1. The van der Waals surface area contributed by atoms with Gasteiger partial charge < -0.3 is 24.7 Å². The number of Topliss-reactive ketones (excluding diaryl/α,β-unsaturated/α-hetero) is 1. The van der Waals surface area contributed by atoms with Crippen molar-refractivity contribution in [3.8, 4) is 17.2 Å². The van der Waals surface area contributed by atoms with E-state index < -0.39 is 11.5 Å². The van der Waals surface area contributed by atoms with Gasteiger partial charge in [-0.15, -0.1) is 0 Å². The van der Waals surface area contributed by atoms with Gasteiger partial charge in [0.25, 0.3) is 0 Å². The van der Waals surface area contributed by atoms with E-state index in [1.807, 2.05) is 0 Å². The number of carbonyl (C=O) groups is 2. The molecule has 28 heavy (non-hydrogen) atoms. The Labute approximate surface area is 169 Å². The number of ether oxygens (including phenoxy) is 4. The highest BCUT2D eigenvalue weighted by atomic mass is 35.5. The standard InChI is InChI=1S/C17H17ClO6.C3H9N/c1-8-5-9(19)6-12(23-4)17(8)16(20)13-10(21-2)7-11(22-3)14(18)15(13)24-17;1-2-3-4/h6-8H,5H2,1-4H3;2-4H2,1H3/t8-,17+;/m1./s1. The minimum Gasteiger partial charge on any atom is -0.496 e. The number of hydrogen-bond acceptors (Lipinski definition) is 7. The molecule has 0 unspecified atom stereocenters. The van der Waals surface area contributed by atoms with E-state index in [9.17, 15) is 9.59 Å². The smallest absolute Gasteiger partial charge is 0.231 e. The van der Waals surface area contributed by atoms with Crippen molar-refractivity contribution in [1.29, 1.82) is 0 Å². The molecule has 0 saturated carbocycles. The summed E-state index contributed by atoms with van der Waals surface area (Å²) < 4.78 is 21.9. The lowest BCUT2D eigenvalue weighted by atomic mass is 9.75. The van der Waals surface area contributed by atoms with Crippen LogP contribution in [0.1, 0.15) is 37.0 Å². The largest absolute Gasteiger partial charge is 0.496 e. The maximum atomic E-state index is 13.3. The number of fused-ring (bicyclic) bond motifs is 1. The summed E-state index contributed by atoms with van der Waals surface area (Å²) in [7, 11) is 4.31. The summed E-state index contributed by atoms with van der Waals surface area (Å²) in [6, 6.07) is 1.54. The first-order valence-corrected chi connectivity index (χ1v) is 9.37. The van der Waals surface area contributed by atoms with Crippen molar-refractivity contribution in [2.45, 2.75) is 32.3 Å². The fourth-order valence-corrected chi connectivity index (χ4v) is 3.56. The van der Waals surface area contributed by atoms with E-state index in [0.29, 0.717) is 11.5 Å². The Hall–Kier alpha value is -2.25. The van der Waals surface area contributed by atoms with E-state index in [2.05, 4.69) is 6.92 Å². The van der Waals surface area contributed by atoms with Crippen molar-refractivity contribution < 1.29 is 28.5 Å². The number of carbonyl (C=O) groups excluding carboxylic acids is 2. The second-order valence-corrected chi connectivity index (χ2v) is 6.92. The zero-order valence-electron chi connectivity index (χ0n) is 16.8. The van der Waals surface area contributed by atoms with Crippen LogP contribution in [0.5, 0.6) is 17.2 Å². The minimum atomic E-state index is -1.42. The Kier molecular flexibility index (Phi) is 6.96. The molecular formula is C20H26ClNO6. The van der Waals surface area contributed by atoms with Crippen molar-refractivity contribution in [3.05, 3.63) is 28.5 Å². The van der Waals surface area contributed by atoms with Crippen LogP contribution in [0.3, 0.4) is 0 Å². The Morgan fingerprint density at radius 2 is 1.82 bits per heavy atom. The fraction of sp³-hybridized carbons (Fsp3) is 0.500. The first-order chi connectivity index (χ1) is 13.3. The summed E-state index contributed by atoms with van der Waals surface area (Å²) >= 11 is 6.33. The van der Waals surface area contributed by atoms with Crippen LogP contribution in [0, 0.1) is 5.92 Å². The van der Waals surface area contributed by atoms with Crippen LogP contribution in [-0.4, -0.2) is 45.0 Å². The maximum Gasteiger partial charge on any atom is 0.231 e. The van der Waals surface area contributed by atoms with E-state index in [0.717, 1.165) is 13.0 Å². The summed E-state index contributed by atoms with van der Waals surface area (Å²) in [6.45, 7) is 4.64. The van der Waals surface area contributed by atoms with Crippen LogP contribution in [0.25, 0.3) is 0 Å².